The van der Waals surface area contributed by atoms with Gasteiger partial charge in [-0.1, -0.05) is 98.1 Å². The number of fused-ring (bicyclic) bond motifs is 5. The lowest BCUT2D eigenvalue weighted by Crippen LogP contribution is -2.51. The highest BCUT2D eigenvalue weighted by molar-refractivity contribution is 8.02. The minimum absolute atomic E-state index is 0.106. The number of carbonyl (C=O) groups is 2. The standard InChI is InChI=1S/C41H66O4S/c1-27(2)14-13-15-28(3)32-18-19-33-31-17-16-29-26-30(20-24-40(29,9)34(31)21-25-41(32,33)10)45-37(43)39(7,8)23-22-35(46(11,12)44)36(42)38(4,5)6/h16,27-28,30-34H,13-15,17-21,24-26H2,1-12H3/t28-,30-,31-,32+,33-,34-,40-,41+/m0/s1. The molecule has 46 heavy (non-hydrogen) atoms. The molecule has 0 heterocycles. The number of rotatable bonds is 8. The van der Waals surface area contributed by atoms with Gasteiger partial charge in [-0.3, -0.25) is 13.8 Å². The number of hydrogen-bond donors (Lipinski definition) is 0. The predicted molar refractivity (Wildman–Crippen MR) is 194 cm³/mol. The van der Waals surface area contributed by atoms with Crippen LogP contribution in [0.15, 0.2) is 11.6 Å². The summed E-state index contributed by atoms with van der Waals surface area (Å²) in [4.78, 5) is 26.6. The van der Waals surface area contributed by atoms with Crippen LogP contribution in [0.25, 0.3) is 0 Å². The molecule has 0 unspecified atom stereocenters. The van der Waals surface area contributed by atoms with Crippen LogP contribution in [0, 0.1) is 69.0 Å². The highest BCUT2D eigenvalue weighted by Crippen LogP contribution is 2.67. The van der Waals surface area contributed by atoms with E-state index in [0.29, 0.717) is 5.41 Å². The van der Waals surface area contributed by atoms with Crippen molar-refractivity contribution in [2.75, 3.05) is 12.5 Å². The molecule has 0 aromatic carbocycles. The molecule has 0 aromatic heterocycles. The Morgan fingerprint density at radius 2 is 1.65 bits per heavy atom. The maximum atomic E-state index is 13.5. The predicted octanol–water partition coefficient (Wildman–Crippen LogP) is 9.30. The molecule has 4 nitrogen and oxygen atoms in total. The van der Waals surface area contributed by atoms with E-state index < -0.39 is 20.4 Å². The van der Waals surface area contributed by atoms with Crippen LogP contribution >= 0.6 is 0 Å². The Kier molecular flexibility index (Phi) is 10.9. The third-order valence-corrected chi connectivity index (χ3v) is 14.2. The summed E-state index contributed by atoms with van der Waals surface area (Å²) in [6.07, 6.45) is 19.0. The first-order valence-corrected chi connectivity index (χ1v) is 20.8. The second kappa shape index (κ2) is 13.4. The van der Waals surface area contributed by atoms with Crippen LogP contribution in [-0.2, 0) is 23.8 Å². The Balaban J connectivity index is 1.44. The van der Waals surface area contributed by atoms with Crippen LogP contribution in [0.5, 0.6) is 0 Å². The molecule has 0 aliphatic heterocycles. The molecule has 0 radical (unpaired) electrons. The molecule has 0 saturated heterocycles. The Morgan fingerprint density at radius 1 is 0.978 bits per heavy atom. The van der Waals surface area contributed by atoms with Gasteiger partial charge >= 0.3 is 5.97 Å². The first kappa shape index (κ1) is 37.3. The molecule has 5 heteroatoms. The van der Waals surface area contributed by atoms with E-state index in [1.54, 1.807) is 47.1 Å². The summed E-state index contributed by atoms with van der Waals surface area (Å²) in [5.41, 5.74) is 0.372. The van der Waals surface area contributed by atoms with Gasteiger partial charge in [-0.05, 0) is 115 Å². The van der Waals surface area contributed by atoms with Crippen LogP contribution in [-0.4, -0.2) is 39.4 Å². The normalized spacial score (nSPS) is 33.5. The van der Waals surface area contributed by atoms with Crippen molar-refractivity contribution < 1.29 is 18.5 Å². The molecule has 260 valence electrons. The maximum Gasteiger partial charge on any atom is 0.323 e. The average molecular weight is 655 g/mol. The van der Waals surface area contributed by atoms with Gasteiger partial charge in [-0.2, -0.15) is 0 Å². The van der Waals surface area contributed by atoms with E-state index >= 15 is 0 Å². The summed E-state index contributed by atoms with van der Waals surface area (Å²) in [6.45, 7) is 21.3. The summed E-state index contributed by atoms with van der Waals surface area (Å²) < 4.78 is 19.1. The molecular weight excluding hydrogens is 589 g/mol. The lowest BCUT2D eigenvalue weighted by molar-refractivity contribution is -0.158. The van der Waals surface area contributed by atoms with E-state index in [1.165, 1.54) is 56.9 Å². The lowest BCUT2D eigenvalue weighted by atomic mass is 9.47. The Bertz CT molecular complexity index is 1380. The van der Waals surface area contributed by atoms with Crippen molar-refractivity contribution in [3.8, 4) is 11.8 Å². The van der Waals surface area contributed by atoms with E-state index in [4.69, 9.17) is 4.74 Å². The topological polar surface area (TPSA) is 60.4 Å². The molecule has 3 saturated carbocycles. The lowest BCUT2D eigenvalue weighted by Gasteiger charge is -2.58. The van der Waals surface area contributed by atoms with E-state index in [0.717, 1.165) is 54.8 Å². The Labute approximate surface area is 283 Å². The zero-order valence-corrected chi connectivity index (χ0v) is 32.3. The SMILES string of the molecule is CC(C)CCC[C@H](C)[C@H]1CC[C@H]2[C@@H]3CC=C4C[C@@H](OC(=O)C(C)(C)C#CC(C(=O)C(C)(C)C)=S(C)(C)=O)CC[C@]4(C)[C@H]3CC[C@]12C. The van der Waals surface area contributed by atoms with Crippen LogP contribution in [0.4, 0.5) is 0 Å². The minimum atomic E-state index is -2.59. The van der Waals surface area contributed by atoms with Crippen LogP contribution < -0.4 is 0 Å². The van der Waals surface area contributed by atoms with E-state index in [-0.39, 0.29) is 28.1 Å². The van der Waals surface area contributed by atoms with Crippen LogP contribution in [0.1, 0.15) is 140 Å². The monoisotopic (exact) mass is 654 g/mol. The average Bonchev–Trinajstić information content (AvgIpc) is 3.29. The highest BCUT2D eigenvalue weighted by Gasteiger charge is 2.59. The molecule has 0 bridgehead atoms. The Morgan fingerprint density at radius 3 is 2.26 bits per heavy atom. The van der Waals surface area contributed by atoms with Crippen molar-refractivity contribution in [1.29, 1.82) is 0 Å². The third-order valence-electron chi connectivity index (χ3n) is 12.9. The number of ketones is 1. The summed E-state index contributed by atoms with van der Waals surface area (Å²) in [7, 11) is -2.59. The molecule has 4 rings (SSSR count). The minimum Gasteiger partial charge on any atom is -0.461 e. The van der Waals surface area contributed by atoms with E-state index in [1.807, 2.05) is 0 Å². The number of allylic oxidation sites excluding steroid dienone is 1. The van der Waals surface area contributed by atoms with Crippen molar-refractivity contribution in [1.82, 2.24) is 0 Å². The summed E-state index contributed by atoms with van der Waals surface area (Å²) >= 11 is 0. The summed E-state index contributed by atoms with van der Waals surface area (Å²) in [6, 6.07) is 0. The van der Waals surface area contributed by atoms with Crippen molar-refractivity contribution >= 4 is 26.1 Å². The molecule has 8 atom stereocenters. The maximum absolute atomic E-state index is 13.5. The third kappa shape index (κ3) is 7.53. The Hall–Kier alpha value is -1.54. The quantitative estimate of drug-likeness (QED) is 0.113. The largest absolute Gasteiger partial charge is 0.461 e. The smallest absolute Gasteiger partial charge is 0.323 e. The zero-order valence-electron chi connectivity index (χ0n) is 31.4. The van der Waals surface area contributed by atoms with Gasteiger partial charge in [0.2, 0.25) is 0 Å². The van der Waals surface area contributed by atoms with Crippen LogP contribution in [0.2, 0.25) is 0 Å². The zero-order chi connectivity index (χ0) is 34.5. The first-order valence-electron chi connectivity index (χ1n) is 18.4. The summed E-state index contributed by atoms with van der Waals surface area (Å²) in [5.74, 6) is 10.1. The van der Waals surface area contributed by atoms with Gasteiger partial charge in [0.05, 0.1) is 0 Å². The number of esters is 1. The fourth-order valence-electron chi connectivity index (χ4n) is 10.1. The fraction of sp³-hybridized carbons (Fsp3) is 0.829. The van der Waals surface area contributed by atoms with Gasteiger partial charge in [-0.15, -0.1) is 0 Å². The molecule has 4 aliphatic carbocycles. The number of hydrogen-bond acceptors (Lipinski definition) is 4. The van der Waals surface area contributed by atoms with Gasteiger partial charge in [0.1, 0.15) is 16.4 Å². The summed E-state index contributed by atoms with van der Waals surface area (Å²) in [5, 5.41) is 0. The number of carbonyl (C=O) groups excluding carboxylic acids is 2. The number of Topliss-reactive ketones (excluding diaryl/α,β-unsaturated/α-hetero) is 1. The highest BCUT2D eigenvalue weighted by atomic mass is 32.2. The first-order chi connectivity index (χ1) is 21.1. The van der Waals surface area contributed by atoms with Crippen molar-refractivity contribution in [2.45, 2.75) is 146 Å². The van der Waals surface area contributed by atoms with Crippen molar-refractivity contribution in [2.24, 2.45) is 57.2 Å². The number of ether oxygens (including phenoxy) is 1. The van der Waals surface area contributed by atoms with Crippen molar-refractivity contribution in [3.63, 3.8) is 0 Å². The van der Waals surface area contributed by atoms with Gasteiger partial charge < -0.3 is 4.74 Å². The second-order valence-electron chi connectivity index (χ2n) is 18.6. The molecule has 0 aromatic rings. The molecule has 3 fully saturated rings. The van der Waals surface area contributed by atoms with Crippen LogP contribution in [0.3, 0.4) is 0 Å². The fourth-order valence-corrected chi connectivity index (χ4v) is 11.1. The molecule has 4 aliphatic rings. The van der Waals surface area contributed by atoms with Gasteiger partial charge in [0.15, 0.2) is 5.78 Å². The van der Waals surface area contributed by atoms with E-state index in [9.17, 15) is 13.8 Å². The van der Waals surface area contributed by atoms with Gasteiger partial charge in [-0.25, -0.2) is 0 Å². The van der Waals surface area contributed by atoms with Crippen molar-refractivity contribution in [3.05, 3.63) is 11.6 Å². The molecule has 0 spiro atoms. The van der Waals surface area contributed by atoms with Gasteiger partial charge in [0, 0.05) is 24.3 Å². The van der Waals surface area contributed by atoms with E-state index in [2.05, 4.69) is 52.5 Å². The molecule has 0 N–H and O–H groups in total. The molecule has 0 amide bonds. The molecular formula is C41H66O4S. The second-order valence-corrected chi connectivity index (χ2v) is 21.5. The van der Waals surface area contributed by atoms with Gasteiger partial charge in [0.25, 0.3) is 0 Å².